The first-order valence-corrected chi connectivity index (χ1v) is 11.5. The van der Waals surface area contributed by atoms with E-state index in [1.165, 1.54) is 12.1 Å². The smallest absolute Gasteiger partial charge is 0.387 e. The minimum atomic E-state index is -3.04. The predicted molar refractivity (Wildman–Crippen MR) is 122 cm³/mol. The number of carbonyl (C=O) groups is 1. The molecule has 1 amide bonds. The molecule has 35 heavy (non-hydrogen) atoms. The van der Waals surface area contributed by atoms with Gasteiger partial charge in [0.1, 0.15) is 11.6 Å². The molecule has 6 rings (SSSR count). The Morgan fingerprint density at radius 1 is 1.17 bits per heavy atom. The number of hydrogen-bond donors (Lipinski definition) is 0. The van der Waals surface area contributed by atoms with Gasteiger partial charge in [-0.15, -0.1) is 0 Å². The summed E-state index contributed by atoms with van der Waals surface area (Å²) in [5, 5.41) is 0. The lowest BCUT2D eigenvalue weighted by molar-refractivity contribution is -0.0507. The molecule has 2 aromatic carbocycles. The third-order valence-electron chi connectivity index (χ3n) is 6.62. The van der Waals surface area contributed by atoms with Gasteiger partial charge < -0.3 is 14.2 Å². The first-order valence-electron chi connectivity index (χ1n) is 11.5. The largest absolute Gasteiger partial charge is 0.434 e. The molecular formula is C26H23F4N3O2. The van der Waals surface area contributed by atoms with Crippen molar-refractivity contribution in [2.75, 3.05) is 7.05 Å². The van der Waals surface area contributed by atoms with Crippen LogP contribution < -0.4 is 4.74 Å². The topological polar surface area (TPSA) is 47.4 Å². The number of aromatic nitrogens is 2. The number of hydrogen-bond acceptors (Lipinski definition) is 3. The van der Waals surface area contributed by atoms with Gasteiger partial charge in [-0.25, -0.2) is 13.8 Å². The van der Waals surface area contributed by atoms with Crippen molar-refractivity contribution in [1.82, 2.24) is 14.5 Å². The van der Waals surface area contributed by atoms with Crippen LogP contribution in [0.2, 0.25) is 0 Å². The molecule has 3 atom stereocenters. The lowest BCUT2D eigenvalue weighted by atomic mass is 9.97. The quantitative estimate of drug-likeness (QED) is 0.341. The fraction of sp³-hybridized carbons (Fsp3) is 0.385. The Morgan fingerprint density at radius 3 is 2.60 bits per heavy atom. The van der Waals surface area contributed by atoms with E-state index in [9.17, 15) is 22.4 Å². The van der Waals surface area contributed by atoms with Gasteiger partial charge in [-0.2, -0.15) is 8.78 Å². The summed E-state index contributed by atoms with van der Waals surface area (Å²) in [4.78, 5) is 19.4. The number of imidazole rings is 1. The Kier molecular flexibility index (Phi) is 5.50. The number of nitrogens with zero attached hydrogens (tertiary/aromatic N) is 3. The third-order valence-corrected chi connectivity index (χ3v) is 6.62. The van der Waals surface area contributed by atoms with Crippen LogP contribution in [-0.2, 0) is 0 Å². The van der Waals surface area contributed by atoms with Gasteiger partial charge in [0.15, 0.2) is 0 Å². The van der Waals surface area contributed by atoms with Gasteiger partial charge in [0.25, 0.3) is 11.8 Å². The zero-order valence-electron chi connectivity index (χ0n) is 19.4. The molecule has 2 bridgehead atoms. The molecule has 2 unspecified atom stereocenters. The van der Waals surface area contributed by atoms with Crippen LogP contribution in [-0.4, -0.2) is 39.9 Å². The fourth-order valence-corrected chi connectivity index (χ4v) is 4.90. The predicted octanol–water partition coefficient (Wildman–Crippen LogP) is 5.79. The van der Waals surface area contributed by atoms with Gasteiger partial charge in [0, 0.05) is 36.6 Å². The number of rotatable bonds is 2. The molecule has 1 aliphatic carbocycles. The van der Waals surface area contributed by atoms with Crippen LogP contribution in [0.4, 0.5) is 17.6 Å². The molecule has 9 heteroatoms. The number of fused-ring (bicyclic) bond motifs is 9. The first kappa shape index (κ1) is 23.2. The highest BCUT2D eigenvalue weighted by Crippen LogP contribution is 2.50. The molecule has 3 aliphatic rings. The summed E-state index contributed by atoms with van der Waals surface area (Å²) in [7, 11) is 1.67. The minimum absolute atomic E-state index is 0.0449. The standard InChI is InChI=1S/C24H17F4N3O2.C2H6/c1-30-18-10-17(20-14(22(30)32)3-2-4-19(20)33-23(25)26)31-16-9-12(5-7-13-11-24(13,27)28)6-8-15(16)29-21(18)31;1-2/h2-4,6,8-9,13,17-18,23H,10-11H2,1H3;1-2H3/t13?,17-,18?;/m1./s1. The lowest BCUT2D eigenvalue weighted by Crippen LogP contribution is -2.30. The van der Waals surface area contributed by atoms with Crippen LogP contribution >= 0.6 is 0 Å². The molecule has 1 aromatic heterocycles. The second-order valence-electron chi connectivity index (χ2n) is 8.61. The minimum Gasteiger partial charge on any atom is -0.434 e. The van der Waals surface area contributed by atoms with E-state index in [0.717, 1.165) is 0 Å². The molecule has 5 nitrogen and oxygen atoms in total. The van der Waals surface area contributed by atoms with Crippen molar-refractivity contribution in [3.63, 3.8) is 0 Å². The SMILES string of the molecule is CC.CN1C(=O)c2cccc(OC(F)F)c2[C@H]2CC1c1nc3ccc(C#CC4CC4(F)F)cc3n12. The highest BCUT2D eigenvalue weighted by atomic mass is 19.3. The fourth-order valence-electron chi connectivity index (χ4n) is 4.90. The number of alkyl halides is 4. The zero-order valence-corrected chi connectivity index (χ0v) is 19.4. The van der Waals surface area contributed by atoms with Crippen molar-refractivity contribution in [2.45, 2.75) is 51.3 Å². The van der Waals surface area contributed by atoms with E-state index in [1.54, 1.807) is 36.2 Å². The molecular weight excluding hydrogens is 462 g/mol. The maximum Gasteiger partial charge on any atom is 0.387 e. The van der Waals surface area contributed by atoms with Crippen molar-refractivity contribution >= 4 is 16.9 Å². The summed E-state index contributed by atoms with van der Waals surface area (Å²) in [6.07, 6.45) is 0.236. The van der Waals surface area contributed by atoms with Crippen LogP contribution in [0.1, 0.15) is 66.1 Å². The molecule has 1 fully saturated rings. The first-order chi connectivity index (χ1) is 16.7. The maximum atomic E-state index is 13.2. The number of carbonyl (C=O) groups excluding carboxylic acids is 1. The van der Waals surface area contributed by atoms with Crippen molar-refractivity contribution in [3.05, 3.63) is 58.9 Å². The van der Waals surface area contributed by atoms with Crippen molar-refractivity contribution in [3.8, 4) is 17.6 Å². The van der Waals surface area contributed by atoms with Crippen molar-refractivity contribution in [2.24, 2.45) is 5.92 Å². The number of halogens is 4. The summed E-state index contributed by atoms with van der Waals surface area (Å²) in [5.41, 5.74) is 2.62. The number of ether oxygens (including phenoxy) is 1. The third kappa shape index (κ3) is 3.72. The molecule has 0 radical (unpaired) electrons. The molecule has 2 aliphatic heterocycles. The van der Waals surface area contributed by atoms with Crippen LogP contribution in [0.5, 0.6) is 5.75 Å². The van der Waals surface area contributed by atoms with Crippen molar-refractivity contribution < 1.29 is 27.1 Å². The van der Waals surface area contributed by atoms with Crippen molar-refractivity contribution in [1.29, 1.82) is 0 Å². The monoisotopic (exact) mass is 485 g/mol. The highest BCUT2D eigenvalue weighted by Gasteiger charge is 2.56. The Balaban J connectivity index is 0.00000124. The van der Waals surface area contributed by atoms with E-state index in [4.69, 9.17) is 9.72 Å². The van der Waals surface area contributed by atoms with E-state index < -0.39 is 24.5 Å². The summed E-state index contributed by atoms with van der Waals surface area (Å²) in [5.74, 6) is 2.11. The van der Waals surface area contributed by atoms with Gasteiger partial charge in [-0.1, -0.05) is 31.8 Å². The second-order valence-corrected chi connectivity index (χ2v) is 8.61. The molecule has 0 saturated heterocycles. The number of benzene rings is 2. The van der Waals surface area contributed by atoms with Gasteiger partial charge in [-0.3, -0.25) is 4.79 Å². The van der Waals surface area contributed by atoms with Gasteiger partial charge in [-0.05, 0) is 30.3 Å². The van der Waals surface area contributed by atoms with Crippen LogP contribution in [0.15, 0.2) is 36.4 Å². The van der Waals surface area contributed by atoms with E-state index in [0.29, 0.717) is 40.0 Å². The summed E-state index contributed by atoms with van der Waals surface area (Å²) in [6, 6.07) is 9.01. The maximum absolute atomic E-state index is 13.2. The zero-order chi connectivity index (χ0) is 25.1. The van der Waals surface area contributed by atoms with E-state index in [-0.39, 0.29) is 24.1 Å². The van der Waals surface area contributed by atoms with Gasteiger partial charge >= 0.3 is 6.61 Å². The van der Waals surface area contributed by atoms with E-state index in [1.807, 2.05) is 18.4 Å². The molecule has 0 N–H and O–H groups in total. The average Bonchev–Trinajstić information content (AvgIpc) is 3.15. The summed E-state index contributed by atoms with van der Waals surface area (Å²) >= 11 is 0. The Labute approximate surface area is 199 Å². The molecule has 3 heterocycles. The lowest BCUT2D eigenvalue weighted by Gasteiger charge is -2.24. The second kappa shape index (κ2) is 8.29. The molecule has 182 valence electrons. The van der Waals surface area contributed by atoms with Gasteiger partial charge in [0.05, 0.1) is 29.0 Å². The Bertz CT molecular complexity index is 1390. The summed E-state index contributed by atoms with van der Waals surface area (Å²) < 4.78 is 59.4. The van der Waals surface area contributed by atoms with Crippen LogP contribution in [0.3, 0.4) is 0 Å². The molecule has 1 saturated carbocycles. The summed E-state index contributed by atoms with van der Waals surface area (Å²) in [6.45, 7) is 0.964. The highest BCUT2D eigenvalue weighted by molar-refractivity contribution is 5.97. The van der Waals surface area contributed by atoms with E-state index in [2.05, 4.69) is 11.8 Å². The Morgan fingerprint density at radius 2 is 1.91 bits per heavy atom. The normalized spacial score (nSPS) is 23.0. The molecule has 0 spiro atoms. The average molecular weight is 485 g/mol. The van der Waals surface area contributed by atoms with Crippen LogP contribution in [0.25, 0.3) is 11.0 Å². The van der Waals surface area contributed by atoms with Crippen LogP contribution in [0, 0.1) is 17.8 Å². The Hall–Kier alpha value is -3.54. The number of amides is 1. The van der Waals surface area contributed by atoms with Gasteiger partial charge in [0.2, 0.25) is 0 Å². The molecule has 3 aromatic rings. The van der Waals surface area contributed by atoms with E-state index >= 15 is 0 Å².